The largest absolute Gasteiger partial charge is 0.481 e. The third-order valence-corrected chi connectivity index (χ3v) is 2.63. The van der Waals surface area contributed by atoms with E-state index in [1.54, 1.807) is 5.31 Å². The molecule has 0 aromatic rings. The van der Waals surface area contributed by atoms with E-state index < -0.39 is 11.9 Å². The van der Waals surface area contributed by atoms with Crippen molar-refractivity contribution in [1.82, 2.24) is 21.3 Å². The summed E-state index contributed by atoms with van der Waals surface area (Å²) in [5, 5.41) is 27.6. The maximum Gasteiger partial charge on any atom is 0.303 e. The highest BCUT2D eigenvalue weighted by Gasteiger charge is 1.99. The standard InChI is InChI=1S/C8H20N4.C5H8O4/c1-2-10-5-6-12-8-7-11-4-3-9-1;6-4(7)2-1-3-5(8)9/h9-12H,1-8H2;1-3H2,(H,6,7)(H,8,9)/i/hD. The summed E-state index contributed by atoms with van der Waals surface area (Å²) in [6.45, 7) is 7.45. The van der Waals surface area contributed by atoms with E-state index in [1.807, 2.05) is 0 Å². The summed E-state index contributed by atoms with van der Waals surface area (Å²) >= 11 is 0. The van der Waals surface area contributed by atoms with Gasteiger partial charge in [0.25, 0.3) is 0 Å². The van der Waals surface area contributed by atoms with Crippen LogP contribution >= 0.6 is 0 Å². The monoisotopic (exact) mass is 305 g/mol. The zero-order chi connectivity index (χ0) is 16.6. The lowest BCUT2D eigenvalue weighted by molar-refractivity contribution is -0.138. The second-order valence-corrected chi connectivity index (χ2v) is 4.56. The predicted octanol–water partition coefficient (Wildman–Crippen LogP) is -1.32. The average molecular weight is 305 g/mol. The van der Waals surface area contributed by atoms with Crippen molar-refractivity contribution < 1.29 is 21.2 Å². The number of carboxylic acids is 2. The molecule has 0 aromatic carbocycles. The Morgan fingerprint density at radius 3 is 1.43 bits per heavy atom. The summed E-state index contributed by atoms with van der Waals surface area (Å²) in [5.41, 5.74) is 0. The third kappa shape index (κ3) is 18.8. The fraction of sp³-hybridized carbons (Fsp3) is 0.846. The SMILES string of the molecule is O=C(O)CCCC(=O)O.[2H]N1CCNCCNCCNCC1. The molecule has 8 nitrogen and oxygen atoms in total. The van der Waals surface area contributed by atoms with Gasteiger partial charge < -0.3 is 31.5 Å². The van der Waals surface area contributed by atoms with Crippen LogP contribution in [0.4, 0.5) is 0 Å². The highest BCUT2D eigenvalue weighted by Crippen LogP contribution is 1.93. The molecule has 21 heavy (non-hydrogen) atoms. The maximum absolute atomic E-state index is 9.79. The number of carboxylic acid groups (broad SMARTS) is 2. The summed E-state index contributed by atoms with van der Waals surface area (Å²) in [6.07, 6.45) is 0.0866. The summed E-state index contributed by atoms with van der Waals surface area (Å²) < 4.78 is 7.54. The van der Waals surface area contributed by atoms with Gasteiger partial charge in [-0.25, -0.2) is 0 Å². The highest BCUT2D eigenvalue weighted by atomic mass is 16.4. The molecule has 0 unspecified atom stereocenters. The van der Waals surface area contributed by atoms with E-state index >= 15 is 0 Å². The second-order valence-electron chi connectivity index (χ2n) is 4.56. The first-order valence-corrected chi connectivity index (χ1v) is 7.32. The summed E-state index contributed by atoms with van der Waals surface area (Å²) in [5.74, 6) is -1.90. The van der Waals surface area contributed by atoms with Crippen molar-refractivity contribution in [2.24, 2.45) is 0 Å². The number of hydrogen-bond donors (Lipinski definition) is 6. The van der Waals surface area contributed by atoms with Crippen molar-refractivity contribution >= 4 is 11.9 Å². The lowest BCUT2D eigenvalue weighted by atomic mass is 10.2. The molecule has 1 saturated heterocycles. The van der Waals surface area contributed by atoms with Gasteiger partial charge in [0.05, 0.1) is 0 Å². The van der Waals surface area contributed by atoms with E-state index in [0.717, 1.165) is 52.4 Å². The Hall–Kier alpha value is -1.22. The van der Waals surface area contributed by atoms with E-state index in [1.165, 1.54) is 0 Å². The molecule has 0 bridgehead atoms. The second kappa shape index (κ2) is 15.2. The predicted molar refractivity (Wildman–Crippen MR) is 80.6 cm³/mol. The van der Waals surface area contributed by atoms with E-state index in [0.29, 0.717) is 0 Å². The van der Waals surface area contributed by atoms with Crippen LogP contribution in [0.1, 0.15) is 19.3 Å². The Balaban J connectivity index is 0.000000433. The Kier molecular flexibility index (Phi) is 12.9. The smallest absolute Gasteiger partial charge is 0.303 e. The van der Waals surface area contributed by atoms with Gasteiger partial charge in [-0.1, -0.05) is 0 Å². The molecular weight excluding hydrogens is 276 g/mol. The molecule has 1 rings (SSSR count). The van der Waals surface area contributed by atoms with Crippen LogP contribution in [0.2, 0.25) is 1.41 Å². The molecule has 0 saturated carbocycles. The van der Waals surface area contributed by atoms with E-state index in [9.17, 15) is 9.59 Å². The van der Waals surface area contributed by atoms with Crippen LogP contribution in [0, 0.1) is 0 Å². The molecule has 0 atom stereocenters. The minimum absolute atomic E-state index is 0.0632. The molecular formula is C13H28N4O4. The van der Waals surface area contributed by atoms with Crippen LogP contribution in [0.5, 0.6) is 0 Å². The number of carbonyl (C=O) groups is 2. The summed E-state index contributed by atoms with van der Waals surface area (Å²) in [6, 6.07) is 0. The van der Waals surface area contributed by atoms with Crippen molar-refractivity contribution in [3.8, 4) is 0 Å². The van der Waals surface area contributed by atoms with Gasteiger partial charge in [0, 0.05) is 65.2 Å². The molecule has 124 valence electrons. The number of rotatable bonds is 4. The molecule has 8 heteroatoms. The van der Waals surface area contributed by atoms with Crippen molar-refractivity contribution in [2.45, 2.75) is 19.3 Å². The van der Waals surface area contributed by atoms with E-state index in [4.69, 9.17) is 11.6 Å². The minimum atomic E-state index is -0.948. The topological polar surface area (TPSA) is 123 Å². The first kappa shape index (κ1) is 17.8. The van der Waals surface area contributed by atoms with Crippen molar-refractivity contribution in [3.05, 3.63) is 0 Å². The molecule has 1 fully saturated rings. The van der Waals surface area contributed by atoms with Crippen LogP contribution in [-0.2, 0) is 9.59 Å². The first-order chi connectivity index (χ1) is 10.5. The van der Waals surface area contributed by atoms with Crippen LogP contribution in [-0.4, -0.2) is 74.5 Å². The highest BCUT2D eigenvalue weighted by molar-refractivity contribution is 5.69. The first-order valence-electron chi connectivity index (χ1n) is 7.76. The molecule has 0 radical (unpaired) electrons. The molecule has 1 aliphatic rings. The van der Waals surface area contributed by atoms with Crippen LogP contribution in [0.3, 0.4) is 0 Å². The van der Waals surface area contributed by atoms with Crippen molar-refractivity contribution in [1.29, 1.82) is 0 Å². The molecule has 6 N–H and O–H groups in total. The van der Waals surface area contributed by atoms with E-state index in [2.05, 4.69) is 16.0 Å². The number of hydrogen-bond acceptors (Lipinski definition) is 6. The van der Waals surface area contributed by atoms with Gasteiger partial charge in [-0.3, -0.25) is 9.59 Å². The van der Waals surface area contributed by atoms with Crippen LogP contribution < -0.4 is 21.3 Å². The van der Waals surface area contributed by atoms with Crippen LogP contribution in [0.25, 0.3) is 0 Å². The fourth-order valence-corrected chi connectivity index (χ4v) is 1.55. The van der Waals surface area contributed by atoms with Crippen LogP contribution in [0.15, 0.2) is 0 Å². The fourth-order valence-electron chi connectivity index (χ4n) is 1.55. The minimum Gasteiger partial charge on any atom is -0.481 e. The van der Waals surface area contributed by atoms with Gasteiger partial charge in [0.2, 0.25) is 0 Å². The van der Waals surface area contributed by atoms with Gasteiger partial charge in [0.15, 0.2) is 0 Å². The summed E-state index contributed by atoms with van der Waals surface area (Å²) in [7, 11) is 0. The molecule has 0 aromatic heterocycles. The van der Waals surface area contributed by atoms with Gasteiger partial charge >= 0.3 is 11.9 Å². The number of nitrogens with one attached hydrogen (secondary N) is 4. The Bertz CT molecular complexity index is 282. The molecule has 1 aliphatic heterocycles. The molecule has 0 amide bonds. The lowest BCUT2D eigenvalue weighted by Crippen LogP contribution is -2.39. The Morgan fingerprint density at radius 2 is 1.10 bits per heavy atom. The Morgan fingerprint density at radius 1 is 0.762 bits per heavy atom. The van der Waals surface area contributed by atoms with Gasteiger partial charge in [0.1, 0.15) is 1.41 Å². The molecule has 0 aliphatic carbocycles. The molecule has 0 spiro atoms. The zero-order valence-corrected chi connectivity index (χ0v) is 12.4. The third-order valence-electron chi connectivity index (χ3n) is 2.63. The molecule has 1 heterocycles. The summed E-state index contributed by atoms with van der Waals surface area (Å²) in [4.78, 5) is 19.6. The van der Waals surface area contributed by atoms with Gasteiger partial charge in [-0.15, -0.1) is 0 Å². The van der Waals surface area contributed by atoms with Gasteiger partial charge in [-0.05, 0) is 6.42 Å². The zero-order valence-electron chi connectivity index (χ0n) is 13.4. The van der Waals surface area contributed by atoms with Gasteiger partial charge in [-0.2, -0.15) is 0 Å². The van der Waals surface area contributed by atoms with Crippen molar-refractivity contribution in [2.75, 3.05) is 52.4 Å². The normalized spacial score (nSPS) is 19.1. The lowest BCUT2D eigenvalue weighted by Gasteiger charge is -2.11. The average Bonchev–Trinajstić information content (AvgIpc) is 2.42. The van der Waals surface area contributed by atoms with E-state index in [-0.39, 0.29) is 19.3 Å². The quantitative estimate of drug-likeness (QED) is 0.378. The van der Waals surface area contributed by atoms with Crippen molar-refractivity contribution in [3.63, 3.8) is 0 Å². The maximum atomic E-state index is 9.79. The Labute approximate surface area is 127 Å². The number of aliphatic carboxylic acids is 2.